The van der Waals surface area contributed by atoms with Crippen molar-refractivity contribution in [1.82, 2.24) is 25.0 Å². The quantitative estimate of drug-likeness (QED) is 0.759. The first-order valence-electron chi connectivity index (χ1n) is 9.31. The van der Waals surface area contributed by atoms with Crippen LogP contribution in [-0.4, -0.2) is 71.2 Å². The number of piperidine rings is 1. The Morgan fingerprint density at radius 1 is 1.41 bits per heavy atom. The van der Waals surface area contributed by atoms with Crippen LogP contribution in [0.1, 0.15) is 29.0 Å². The van der Waals surface area contributed by atoms with Gasteiger partial charge in [-0.05, 0) is 43.4 Å². The lowest BCUT2D eigenvalue weighted by Gasteiger charge is -2.34. The molecule has 1 aromatic carbocycles. The van der Waals surface area contributed by atoms with Crippen LogP contribution >= 0.6 is 0 Å². The maximum Gasteiger partial charge on any atom is 0.341 e. The summed E-state index contributed by atoms with van der Waals surface area (Å²) in [6.45, 7) is 3.67. The molecule has 1 atom stereocenters. The van der Waals surface area contributed by atoms with Gasteiger partial charge >= 0.3 is 5.69 Å². The van der Waals surface area contributed by atoms with E-state index in [2.05, 4.69) is 26.1 Å². The third-order valence-electron chi connectivity index (χ3n) is 5.08. The van der Waals surface area contributed by atoms with E-state index in [1.165, 1.54) is 5.56 Å². The summed E-state index contributed by atoms with van der Waals surface area (Å²) in [6, 6.07) is 8.13. The summed E-state index contributed by atoms with van der Waals surface area (Å²) in [5.74, 6) is 1.14. The van der Waals surface area contributed by atoms with Crippen molar-refractivity contribution in [2.45, 2.75) is 19.3 Å². The minimum Gasteiger partial charge on any atom is -0.496 e. The molecule has 2 N–H and O–H groups in total. The molecule has 1 aliphatic heterocycles. The number of aromatic amines is 2. The lowest BCUT2D eigenvalue weighted by Crippen LogP contribution is -2.42. The van der Waals surface area contributed by atoms with E-state index in [4.69, 9.17) is 4.74 Å². The number of benzene rings is 1. The number of aromatic nitrogens is 3. The van der Waals surface area contributed by atoms with Gasteiger partial charge in [0.05, 0.1) is 7.11 Å². The molecule has 8 heteroatoms. The van der Waals surface area contributed by atoms with E-state index >= 15 is 0 Å². The fourth-order valence-electron chi connectivity index (χ4n) is 3.71. The monoisotopic (exact) mass is 373 g/mol. The van der Waals surface area contributed by atoms with Crippen LogP contribution in [0.25, 0.3) is 0 Å². The summed E-state index contributed by atoms with van der Waals surface area (Å²) >= 11 is 0. The fourth-order valence-corrected chi connectivity index (χ4v) is 3.71. The average molecular weight is 373 g/mol. The highest BCUT2D eigenvalue weighted by atomic mass is 16.5. The van der Waals surface area contributed by atoms with Crippen LogP contribution < -0.4 is 10.4 Å². The van der Waals surface area contributed by atoms with Gasteiger partial charge in [-0.25, -0.2) is 9.89 Å². The second-order valence-corrected chi connectivity index (χ2v) is 7.08. The van der Waals surface area contributed by atoms with E-state index in [1.807, 2.05) is 18.2 Å². The molecule has 27 heavy (non-hydrogen) atoms. The maximum atomic E-state index is 12.3. The van der Waals surface area contributed by atoms with Gasteiger partial charge in [0.25, 0.3) is 5.91 Å². The second-order valence-electron chi connectivity index (χ2n) is 7.08. The SMILES string of the molecule is COc1ccccc1CCN1CCC[C@@H](CN(C)C(=O)c2n[nH]c(=O)[nH]2)C1. The number of ether oxygens (including phenoxy) is 1. The lowest BCUT2D eigenvalue weighted by molar-refractivity contribution is 0.0719. The van der Waals surface area contributed by atoms with Crippen LogP contribution in [0.5, 0.6) is 5.75 Å². The predicted molar refractivity (Wildman–Crippen MR) is 102 cm³/mol. The lowest BCUT2D eigenvalue weighted by atomic mass is 9.97. The average Bonchev–Trinajstić information content (AvgIpc) is 3.12. The van der Waals surface area contributed by atoms with Gasteiger partial charge in [0.15, 0.2) is 0 Å². The number of carbonyl (C=O) groups excluding carboxylic acids is 1. The molecular formula is C19H27N5O3. The number of likely N-dealkylation sites (tertiary alicyclic amines) is 1. The molecule has 3 rings (SSSR count). The summed E-state index contributed by atoms with van der Waals surface area (Å²) in [7, 11) is 3.46. The van der Waals surface area contributed by atoms with E-state index in [0.717, 1.165) is 44.6 Å². The Balaban J connectivity index is 1.51. The third-order valence-corrected chi connectivity index (χ3v) is 5.08. The van der Waals surface area contributed by atoms with Crippen LogP contribution in [-0.2, 0) is 6.42 Å². The Bertz CT molecular complexity index is 815. The van der Waals surface area contributed by atoms with Gasteiger partial charge in [0.1, 0.15) is 5.75 Å². The molecule has 1 saturated heterocycles. The Kier molecular flexibility index (Phi) is 6.28. The molecule has 2 aromatic rings. The number of nitrogens with zero attached hydrogens (tertiary/aromatic N) is 3. The van der Waals surface area contributed by atoms with Crippen molar-refractivity contribution in [3.8, 4) is 5.75 Å². The molecule has 0 spiro atoms. The summed E-state index contributed by atoms with van der Waals surface area (Å²) in [6.07, 6.45) is 3.16. The van der Waals surface area contributed by atoms with Gasteiger partial charge in [-0.15, -0.1) is 5.10 Å². The van der Waals surface area contributed by atoms with Gasteiger partial charge in [-0.2, -0.15) is 0 Å². The van der Waals surface area contributed by atoms with Crippen LogP contribution in [0.4, 0.5) is 0 Å². The molecule has 1 aromatic heterocycles. The molecule has 2 heterocycles. The zero-order chi connectivity index (χ0) is 19.2. The van der Waals surface area contributed by atoms with E-state index in [9.17, 15) is 9.59 Å². The summed E-state index contributed by atoms with van der Waals surface area (Å²) in [4.78, 5) is 30.0. The topological polar surface area (TPSA) is 94.3 Å². The normalized spacial score (nSPS) is 17.6. The smallest absolute Gasteiger partial charge is 0.341 e. The molecule has 146 valence electrons. The van der Waals surface area contributed by atoms with Gasteiger partial charge < -0.3 is 14.5 Å². The summed E-state index contributed by atoms with van der Waals surface area (Å²) in [5.41, 5.74) is 0.754. The summed E-state index contributed by atoms with van der Waals surface area (Å²) < 4.78 is 5.43. The van der Waals surface area contributed by atoms with Crippen LogP contribution in [0, 0.1) is 5.92 Å². The van der Waals surface area contributed by atoms with Gasteiger partial charge in [-0.3, -0.25) is 9.78 Å². The van der Waals surface area contributed by atoms with Gasteiger partial charge in [0, 0.05) is 26.7 Å². The Morgan fingerprint density at radius 3 is 2.96 bits per heavy atom. The van der Waals surface area contributed by atoms with Crippen LogP contribution in [0.3, 0.4) is 0 Å². The van der Waals surface area contributed by atoms with Crippen molar-refractivity contribution in [2.75, 3.05) is 40.3 Å². The maximum absolute atomic E-state index is 12.3. The predicted octanol–water partition coefficient (Wildman–Crippen LogP) is 1.13. The number of nitrogens with one attached hydrogen (secondary N) is 2. The number of carbonyl (C=O) groups is 1. The van der Waals surface area contributed by atoms with Crippen molar-refractivity contribution in [1.29, 1.82) is 0 Å². The molecule has 0 saturated carbocycles. The Labute approximate surface area is 158 Å². The highest BCUT2D eigenvalue weighted by Crippen LogP contribution is 2.21. The van der Waals surface area contributed by atoms with Crippen molar-refractivity contribution < 1.29 is 9.53 Å². The molecule has 1 fully saturated rings. The number of hydrogen-bond donors (Lipinski definition) is 2. The molecule has 1 amide bonds. The standard InChI is InChI=1S/C19H27N5O3/c1-23(18(25)17-20-19(26)22-21-17)12-14-6-5-10-24(13-14)11-9-15-7-3-4-8-16(15)27-2/h3-4,7-8,14H,5-6,9-13H2,1-2H3,(H2,20,21,22,26)/t14-/m0/s1. The third kappa shape index (κ3) is 4.97. The van der Waals surface area contributed by atoms with Crippen molar-refractivity contribution in [3.05, 3.63) is 46.1 Å². The van der Waals surface area contributed by atoms with E-state index in [0.29, 0.717) is 12.5 Å². The summed E-state index contributed by atoms with van der Waals surface area (Å²) in [5, 5.41) is 5.95. The number of H-pyrrole nitrogens is 2. The van der Waals surface area contributed by atoms with Crippen LogP contribution in [0.15, 0.2) is 29.1 Å². The second kappa shape index (κ2) is 8.85. The Morgan fingerprint density at radius 2 is 2.22 bits per heavy atom. The van der Waals surface area contributed by atoms with Crippen LogP contribution in [0.2, 0.25) is 0 Å². The number of rotatable bonds is 7. The zero-order valence-electron chi connectivity index (χ0n) is 15.9. The zero-order valence-corrected chi connectivity index (χ0v) is 15.9. The van der Waals surface area contributed by atoms with Gasteiger partial charge in [-0.1, -0.05) is 18.2 Å². The Hall–Kier alpha value is -2.61. The van der Waals surface area contributed by atoms with E-state index in [1.54, 1.807) is 19.1 Å². The molecule has 0 radical (unpaired) electrons. The minimum absolute atomic E-state index is 0.0614. The minimum atomic E-state index is -0.466. The highest BCUT2D eigenvalue weighted by molar-refractivity contribution is 5.90. The number of para-hydroxylation sites is 1. The molecule has 1 aliphatic rings. The van der Waals surface area contributed by atoms with Gasteiger partial charge in [0.2, 0.25) is 5.82 Å². The number of methoxy groups -OCH3 is 1. The molecular weight excluding hydrogens is 346 g/mol. The first-order chi connectivity index (χ1) is 13.1. The first kappa shape index (κ1) is 19.2. The van der Waals surface area contributed by atoms with E-state index < -0.39 is 5.69 Å². The molecule has 0 unspecified atom stereocenters. The molecule has 0 bridgehead atoms. The molecule has 0 aliphatic carbocycles. The van der Waals surface area contributed by atoms with Crippen molar-refractivity contribution >= 4 is 5.91 Å². The van der Waals surface area contributed by atoms with Crippen molar-refractivity contribution in [2.24, 2.45) is 5.92 Å². The first-order valence-corrected chi connectivity index (χ1v) is 9.31. The largest absolute Gasteiger partial charge is 0.496 e. The fraction of sp³-hybridized carbons (Fsp3) is 0.526. The number of hydrogen-bond acceptors (Lipinski definition) is 5. The van der Waals surface area contributed by atoms with Crippen molar-refractivity contribution in [3.63, 3.8) is 0 Å². The molecule has 8 nitrogen and oxygen atoms in total. The highest BCUT2D eigenvalue weighted by Gasteiger charge is 2.24. The number of amides is 1. The van der Waals surface area contributed by atoms with E-state index in [-0.39, 0.29) is 11.7 Å².